The number of nitrogen functional groups attached to an aromatic ring is 1. The largest absolute Gasteiger partial charge is 0.456 e. The van der Waals surface area contributed by atoms with E-state index in [-0.39, 0.29) is 18.2 Å². The number of rotatable bonds is 6. The number of amides is 1. The molecule has 4 N–H and O–H groups in total. The number of hydrogen-bond donors (Lipinski definition) is 3. The molecule has 6 nitrogen and oxygen atoms in total. The van der Waals surface area contributed by atoms with E-state index in [1.165, 1.54) is 6.07 Å². The van der Waals surface area contributed by atoms with Gasteiger partial charge in [0.1, 0.15) is 18.0 Å². The van der Waals surface area contributed by atoms with Gasteiger partial charge in [-0.2, -0.15) is 0 Å². The Morgan fingerprint density at radius 2 is 1.58 bits per heavy atom. The van der Waals surface area contributed by atoms with Gasteiger partial charge in [0.25, 0.3) is 5.91 Å². The maximum Gasteiger partial charge on any atom is 0.355 e. The van der Waals surface area contributed by atoms with Gasteiger partial charge < -0.3 is 20.8 Å². The second-order valence-corrected chi connectivity index (χ2v) is 5.77. The van der Waals surface area contributed by atoms with Crippen molar-refractivity contribution in [3.63, 3.8) is 0 Å². The van der Waals surface area contributed by atoms with E-state index < -0.39 is 5.97 Å². The number of H-pyrrole nitrogens is 1. The monoisotopic (exact) mass is 349 g/mol. The molecule has 132 valence electrons. The summed E-state index contributed by atoms with van der Waals surface area (Å²) < 4.78 is 5.23. The number of nitrogens with two attached hydrogens (primary N) is 1. The zero-order valence-corrected chi connectivity index (χ0v) is 14.1. The number of aromatic amines is 1. The zero-order valence-electron chi connectivity index (χ0n) is 14.1. The quantitative estimate of drug-likeness (QED) is 0.471. The minimum atomic E-state index is -0.508. The average Bonchev–Trinajstić information content (AvgIpc) is 3.17. The average molecular weight is 349 g/mol. The van der Waals surface area contributed by atoms with Crippen molar-refractivity contribution in [3.05, 3.63) is 89.2 Å². The first-order chi connectivity index (χ1) is 12.6. The summed E-state index contributed by atoms with van der Waals surface area (Å²) in [6.45, 7) is 0.545. The first-order valence-corrected chi connectivity index (χ1v) is 8.14. The Balaban J connectivity index is 1.53. The molecule has 0 aliphatic carbocycles. The number of benzene rings is 2. The van der Waals surface area contributed by atoms with Crippen LogP contribution in [0, 0.1) is 0 Å². The lowest BCUT2D eigenvalue weighted by Gasteiger charge is -2.05. The molecule has 0 saturated carbocycles. The molecule has 3 rings (SSSR count). The van der Waals surface area contributed by atoms with Gasteiger partial charge in [-0.15, -0.1) is 0 Å². The van der Waals surface area contributed by atoms with Crippen LogP contribution in [-0.4, -0.2) is 16.9 Å². The van der Waals surface area contributed by atoms with E-state index in [1.807, 2.05) is 42.5 Å². The normalized spacial score (nSPS) is 10.3. The minimum absolute atomic E-state index is 0.178. The molecule has 0 saturated heterocycles. The molecule has 0 atom stereocenters. The summed E-state index contributed by atoms with van der Waals surface area (Å²) in [4.78, 5) is 27.0. The van der Waals surface area contributed by atoms with Gasteiger partial charge in [0.2, 0.25) is 0 Å². The molecule has 0 spiro atoms. The Morgan fingerprint density at radius 3 is 2.31 bits per heavy atom. The molecule has 1 heterocycles. The predicted molar refractivity (Wildman–Crippen MR) is 98.4 cm³/mol. The van der Waals surface area contributed by atoms with Gasteiger partial charge in [0.15, 0.2) is 0 Å². The van der Waals surface area contributed by atoms with E-state index in [2.05, 4.69) is 10.3 Å². The Kier molecular flexibility index (Phi) is 5.34. The van der Waals surface area contributed by atoms with Crippen molar-refractivity contribution in [3.8, 4) is 0 Å². The smallest absolute Gasteiger partial charge is 0.355 e. The molecule has 26 heavy (non-hydrogen) atoms. The Hall–Kier alpha value is -3.54. The molecular weight excluding hydrogens is 330 g/mol. The Morgan fingerprint density at radius 1 is 0.885 bits per heavy atom. The molecule has 0 unspecified atom stereocenters. The minimum Gasteiger partial charge on any atom is -0.456 e. The van der Waals surface area contributed by atoms with Crippen LogP contribution in [0.15, 0.2) is 66.7 Å². The van der Waals surface area contributed by atoms with Crippen LogP contribution in [0.25, 0.3) is 0 Å². The van der Waals surface area contributed by atoms with Gasteiger partial charge in [-0.05, 0) is 35.4 Å². The van der Waals surface area contributed by atoms with Gasteiger partial charge in [0.05, 0.1) is 0 Å². The van der Waals surface area contributed by atoms with E-state index >= 15 is 0 Å². The number of esters is 1. The lowest BCUT2D eigenvalue weighted by atomic mass is 10.2. The molecule has 0 radical (unpaired) electrons. The first kappa shape index (κ1) is 17.3. The lowest BCUT2D eigenvalue weighted by molar-refractivity contribution is 0.0466. The van der Waals surface area contributed by atoms with E-state index in [0.717, 1.165) is 11.1 Å². The van der Waals surface area contributed by atoms with Gasteiger partial charge >= 0.3 is 5.97 Å². The number of carbonyl (C=O) groups excluding carboxylic acids is 2. The van der Waals surface area contributed by atoms with Crippen molar-refractivity contribution < 1.29 is 14.3 Å². The van der Waals surface area contributed by atoms with Crippen LogP contribution >= 0.6 is 0 Å². The summed E-state index contributed by atoms with van der Waals surface area (Å²) in [5.74, 6) is -0.810. The van der Waals surface area contributed by atoms with Crippen molar-refractivity contribution >= 4 is 17.6 Å². The van der Waals surface area contributed by atoms with E-state index in [9.17, 15) is 9.59 Å². The number of nitrogens with one attached hydrogen (secondary N) is 2. The summed E-state index contributed by atoms with van der Waals surface area (Å²) >= 11 is 0. The SMILES string of the molecule is Nc1ccc(CNC(=O)c2ccc(C(=O)OCc3ccccc3)[nH]2)cc1. The van der Waals surface area contributed by atoms with Gasteiger partial charge in [-0.3, -0.25) is 4.79 Å². The van der Waals surface area contributed by atoms with Crippen LogP contribution in [0.4, 0.5) is 5.69 Å². The van der Waals surface area contributed by atoms with Gasteiger partial charge in [-0.25, -0.2) is 4.79 Å². The summed E-state index contributed by atoms with van der Waals surface area (Å²) in [5, 5.41) is 2.78. The fourth-order valence-corrected chi connectivity index (χ4v) is 2.36. The number of hydrogen-bond acceptors (Lipinski definition) is 4. The van der Waals surface area contributed by atoms with Gasteiger partial charge in [-0.1, -0.05) is 42.5 Å². The fourth-order valence-electron chi connectivity index (χ4n) is 2.36. The molecule has 0 bridgehead atoms. The topological polar surface area (TPSA) is 97.2 Å². The summed E-state index contributed by atoms with van der Waals surface area (Å²) in [6.07, 6.45) is 0. The molecule has 2 aromatic carbocycles. The third kappa shape index (κ3) is 4.51. The summed E-state index contributed by atoms with van der Waals surface area (Å²) in [5.41, 5.74) is 8.66. The third-order valence-electron chi connectivity index (χ3n) is 3.80. The second kappa shape index (κ2) is 8.02. The van der Waals surface area contributed by atoms with Crippen molar-refractivity contribution in [1.29, 1.82) is 0 Å². The van der Waals surface area contributed by atoms with Crippen LogP contribution in [-0.2, 0) is 17.9 Å². The number of anilines is 1. The van der Waals surface area contributed by atoms with Crippen molar-refractivity contribution in [2.75, 3.05) is 5.73 Å². The highest BCUT2D eigenvalue weighted by Gasteiger charge is 2.14. The molecule has 0 aliphatic rings. The molecule has 1 aromatic heterocycles. The summed E-state index contributed by atoms with van der Waals surface area (Å²) in [7, 11) is 0. The van der Waals surface area contributed by atoms with Crippen LogP contribution in [0.2, 0.25) is 0 Å². The number of carbonyl (C=O) groups is 2. The number of aromatic nitrogens is 1. The predicted octanol–water partition coefficient (Wildman–Crippen LogP) is 2.88. The van der Waals surface area contributed by atoms with E-state index in [1.54, 1.807) is 18.2 Å². The molecule has 1 amide bonds. The molecular formula is C20H19N3O3. The standard InChI is InChI=1S/C20H19N3O3/c21-16-8-6-14(7-9-16)12-22-19(24)17-10-11-18(23-17)20(25)26-13-15-4-2-1-3-5-15/h1-11,23H,12-13,21H2,(H,22,24). The van der Waals surface area contributed by atoms with E-state index in [0.29, 0.717) is 17.9 Å². The summed E-state index contributed by atoms with van der Waals surface area (Å²) in [6, 6.07) is 19.7. The van der Waals surface area contributed by atoms with Crippen LogP contribution in [0.5, 0.6) is 0 Å². The molecule has 0 aliphatic heterocycles. The molecule has 6 heteroatoms. The molecule has 3 aromatic rings. The van der Waals surface area contributed by atoms with Crippen LogP contribution in [0.1, 0.15) is 32.1 Å². The lowest BCUT2D eigenvalue weighted by Crippen LogP contribution is -2.23. The number of ether oxygens (including phenoxy) is 1. The van der Waals surface area contributed by atoms with Crippen molar-refractivity contribution in [2.45, 2.75) is 13.2 Å². The van der Waals surface area contributed by atoms with Crippen LogP contribution < -0.4 is 11.1 Å². The maximum absolute atomic E-state index is 12.2. The fraction of sp³-hybridized carbons (Fsp3) is 0.100. The van der Waals surface area contributed by atoms with Crippen molar-refractivity contribution in [1.82, 2.24) is 10.3 Å². The zero-order chi connectivity index (χ0) is 18.4. The highest BCUT2D eigenvalue weighted by Crippen LogP contribution is 2.08. The highest BCUT2D eigenvalue weighted by molar-refractivity contribution is 5.95. The Bertz CT molecular complexity index is 886. The highest BCUT2D eigenvalue weighted by atomic mass is 16.5. The Labute approximate surface area is 151 Å². The van der Waals surface area contributed by atoms with Gasteiger partial charge in [0, 0.05) is 12.2 Å². The van der Waals surface area contributed by atoms with Crippen molar-refractivity contribution in [2.24, 2.45) is 0 Å². The van der Waals surface area contributed by atoms with Crippen LogP contribution in [0.3, 0.4) is 0 Å². The first-order valence-electron chi connectivity index (χ1n) is 8.14. The second-order valence-electron chi connectivity index (χ2n) is 5.77. The molecule has 0 fully saturated rings. The third-order valence-corrected chi connectivity index (χ3v) is 3.80. The van der Waals surface area contributed by atoms with E-state index in [4.69, 9.17) is 10.5 Å². The maximum atomic E-state index is 12.2.